The van der Waals surface area contributed by atoms with E-state index in [1.54, 1.807) is 0 Å². The summed E-state index contributed by atoms with van der Waals surface area (Å²) in [6, 6.07) is 10.3. The van der Waals surface area contributed by atoms with Gasteiger partial charge in [0.05, 0.1) is 11.6 Å². The minimum Gasteiger partial charge on any atom is -0.347 e. The van der Waals surface area contributed by atoms with E-state index in [9.17, 15) is 4.79 Å². The molecule has 0 aliphatic carbocycles. The molecule has 1 aromatic rings. The van der Waals surface area contributed by atoms with Gasteiger partial charge in [0.2, 0.25) is 5.91 Å². The van der Waals surface area contributed by atoms with Gasteiger partial charge in [-0.3, -0.25) is 4.79 Å². The highest BCUT2D eigenvalue weighted by Crippen LogP contribution is 2.27. The third kappa shape index (κ3) is 3.04. The number of amides is 1. The van der Waals surface area contributed by atoms with E-state index in [1.165, 1.54) is 5.56 Å². The van der Waals surface area contributed by atoms with Crippen LogP contribution in [0.15, 0.2) is 30.3 Å². The highest BCUT2D eigenvalue weighted by molar-refractivity contribution is 5.87. The second-order valence-corrected chi connectivity index (χ2v) is 6.07. The van der Waals surface area contributed by atoms with Crippen molar-refractivity contribution in [3.63, 3.8) is 0 Å². The predicted octanol–water partition coefficient (Wildman–Crippen LogP) is 3.03. The molecule has 3 nitrogen and oxygen atoms in total. The molecule has 1 fully saturated rings. The minimum atomic E-state index is -0.359. The van der Waals surface area contributed by atoms with Crippen molar-refractivity contribution in [2.45, 2.75) is 51.6 Å². The number of nitrogens with one attached hydrogen (secondary N) is 2. The number of benzene rings is 1. The fourth-order valence-electron chi connectivity index (χ4n) is 3.04. The van der Waals surface area contributed by atoms with Crippen molar-refractivity contribution >= 4 is 5.91 Å². The molecule has 1 aliphatic heterocycles. The van der Waals surface area contributed by atoms with Gasteiger partial charge >= 0.3 is 0 Å². The van der Waals surface area contributed by atoms with E-state index in [-0.39, 0.29) is 17.5 Å². The first kappa shape index (κ1) is 15.0. The smallest absolute Gasteiger partial charge is 0.240 e. The van der Waals surface area contributed by atoms with Crippen molar-refractivity contribution in [2.24, 2.45) is 5.92 Å². The second kappa shape index (κ2) is 6.40. The zero-order valence-corrected chi connectivity index (χ0v) is 12.8. The van der Waals surface area contributed by atoms with Crippen LogP contribution in [0, 0.1) is 5.92 Å². The minimum absolute atomic E-state index is 0.0783. The summed E-state index contributed by atoms with van der Waals surface area (Å²) in [4.78, 5) is 12.7. The first-order valence-electron chi connectivity index (χ1n) is 7.70. The van der Waals surface area contributed by atoms with Crippen LogP contribution < -0.4 is 10.6 Å². The van der Waals surface area contributed by atoms with Gasteiger partial charge in [0.15, 0.2) is 0 Å². The maximum atomic E-state index is 12.7. The van der Waals surface area contributed by atoms with Gasteiger partial charge in [-0.05, 0) is 37.3 Å². The summed E-state index contributed by atoms with van der Waals surface area (Å²) < 4.78 is 0. The molecule has 1 heterocycles. The van der Waals surface area contributed by atoms with E-state index in [1.807, 2.05) is 18.2 Å². The summed E-state index contributed by atoms with van der Waals surface area (Å²) in [5.74, 6) is 0.525. The number of carbonyl (C=O) groups excluding carboxylic acids is 1. The lowest BCUT2D eigenvalue weighted by Gasteiger charge is -2.31. The van der Waals surface area contributed by atoms with Crippen molar-refractivity contribution in [2.75, 3.05) is 6.54 Å². The van der Waals surface area contributed by atoms with Crippen LogP contribution >= 0.6 is 0 Å². The molecule has 2 atom stereocenters. The first-order chi connectivity index (χ1) is 9.59. The molecule has 110 valence electrons. The molecule has 0 spiro atoms. The summed E-state index contributed by atoms with van der Waals surface area (Å²) >= 11 is 0. The van der Waals surface area contributed by atoms with Crippen LogP contribution in [0.4, 0.5) is 0 Å². The van der Waals surface area contributed by atoms with Crippen LogP contribution in [0.3, 0.4) is 0 Å². The summed E-state index contributed by atoms with van der Waals surface area (Å²) in [5, 5.41) is 6.67. The van der Waals surface area contributed by atoms with Crippen LogP contribution in [0.2, 0.25) is 0 Å². The van der Waals surface area contributed by atoms with Gasteiger partial charge in [-0.15, -0.1) is 0 Å². The van der Waals surface area contributed by atoms with E-state index < -0.39 is 0 Å². The Labute approximate surface area is 122 Å². The van der Waals surface area contributed by atoms with Crippen molar-refractivity contribution in [1.29, 1.82) is 0 Å². The molecular weight excluding hydrogens is 248 g/mol. The number of hydrogen-bond acceptors (Lipinski definition) is 2. The third-order valence-corrected chi connectivity index (χ3v) is 4.39. The molecular formula is C17H26N2O. The van der Waals surface area contributed by atoms with Gasteiger partial charge in [0.1, 0.15) is 0 Å². The quantitative estimate of drug-likeness (QED) is 0.866. The largest absolute Gasteiger partial charge is 0.347 e. The Hall–Kier alpha value is -1.35. The van der Waals surface area contributed by atoms with E-state index in [4.69, 9.17) is 0 Å². The van der Waals surface area contributed by atoms with Crippen molar-refractivity contribution in [3.8, 4) is 0 Å². The predicted molar refractivity (Wildman–Crippen MR) is 82.4 cm³/mol. The maximum absolute atomic E-state index is 12.7. The molecule has 20 heavy (non-hydrogen) atoms. The Balaban J connectivity index is 2.14. The molecule has 3 heteroatoms. The van der Waals surface area contributed by atoms with Crippen LogP contribution in [-0.2, 0) is 4.79 Å². The monoisotopic (exact) mass is 274 g/mol. The maximum Gasteiger partial charge on any atom is 0.240 e. The Morgan fingerprint density at radius 2 is 2.05 bits per heavy atom. The Morgan fingerprint density at radius 1 is 1.35 bits per heavy atom. The van der Waals surface area contributed by atoms with Crippen LogP contribution in [0.1, 0.15) is 51.6 Å². The average molecular weight is 274 g/mol. The van der Waals surface area contributed by atoms with Crippen molar-refractivity contribution in [3.05, 3.63) is 35.9 Å². The molecule has 1 saturated heterocycles. The summed E-state index contributed by atoms with van der Waals surface area (Å²) in [7, 11) is 0. The molecule has 1 aromatic carbocycles. The second-order valence-electron chi connectivity index (χ2n) is 6.07. The lowest BCUT2D eigenvalue weighted by atomic mass is 9.90. The number of hydrogen-bond donors (Lipinski definition) is 2. The van der Waals surface area contributed by atoms with E-state index in [2.05, 4.69) is 43.5 Å². The van der Waals surface area contributed by atoms with E-state index in [0.717, 1.165) is 25.8 Å². The van der Waals surface area contributed by atoms with Gasteiger partial charge in [-0.1, -0.05) is 51.1 Å². The Bertz CT molecular complexity index is 436. The molecule has 1 aliphatic rings. The normalized spacial score (nSPS) is 23.8. The van der Waals surface area contributed by atoms with Gasteiger partial charge in [0.25, 0.3) is 0 Å². The van der Waals surface area contributed by atoms with E-state index >= 15 is 0 Å². The van der Waals surface area contributed by atoms with Crippen molar-refractivity contribution in [1.82, 2.24) is 10.6 Å². The highest BCUT2D eigenvalue weighted by atomic mass is 16.2. The zero-order valence-electron chi connectivity index (χ0n) is 12.8. The van der Waals surface area contributed by atoms with Gasteiger partial charge in [-0.2, -0.15) is 0 Å². The summed E-state index contributed by atoms with van der Waals surface area (Å²) in [6.07, 6.45) is 2.87. The van der Waals surface area contributed by atoms with E-state index in [0.29, 0.717) is 5.92 Å². The molecule has 0 bridgehead atoms. The fraction of sp³-hybridized carbons (Fsp3) is 0.588. The average Bonchev–Trinajstić information content (AvgIpc) is 2.95. The van der Waals surface area contributed by atoms with Gasteiger partial charge in [0, 0.05) is 0 Å². The van der Waals surface area contributed by atoms with Gasteiger partial charge in [-0.25, -0.2) is 0 Å². The molecule has 2 unspecified atom stereocenters. The molecule has 2 N–H and O–H groups in total. The van der Waals surface area contributed by atoms with Gasteiger partial charge < -0.3 is 10.6 Å². The molecule has 2 rings (SSSR count). The molecule has 1 amide bonds. The SMILES string of the molecule is CCC1(C(=O)NC(c2ccccc2)C(C)C)CCCN1. The summed E-state index contributed by atoms with van der Waals surface area (Å²) in [6.45, 7) is 7.33. The summed E-state index contributed by atoms with van der Waals surface area (Å²) in [5.41, 5.74) is 0.821. The molecule has 0 radical (unpaired) electrons. The lowest BCUT2D eigenvalue weighted by Crippen LogP contribution is -2.54. The molecule has 0 aromatic heterocycles. The first-order valence-corrected chi connectivity index (χ1v) is 7.70. The lowest BCUT2D eigenvalue weighted by molar-refractivity contribution is -0.128. The van der Waals surface area contributed by atoms with Crippen LogP contribution in [0.25, 0.3) is 0 Å². The standard InChI is InChI=1S/C17H26N2O/c1-4-17(11-8-12-18-17)16(20)19-15(13(2)3)14-9-6-5-7-10-14/h5-7,9-10,13,15,18H,4,8,11-12H2,1-3H3,(H,19,20). The fourth-order valence-corrected chi connectivity index (χ4v) is 3.04. The third-order valence-electron chi connectivity index (χ3n) is 4.39. The molecule has 0 saturated carbocycles. The highest BCUT2D eigenvalue weighted by Gasteiger charge is 2.40. The Morgan fingerprint density at radius 3 is 2.55 bits per heavy atom. The number of carbonyl (C=O) groups is 1. The zero-order chi connectivity index (χ0) is 14.6. The van der Waals surface area contributed by atoms with Crippen molar-refractivity contribution < 1.29 is 4.79 Å². The Kier molecular flexibility index (Phi) is 4.81. The topological polar surface area (TPSA) is 41.1 Å². The van der Waals surface area contributed by atoms with Crippen LogP contribution in [-0.4, -0.2) is 18.0 Å². The number of rotatable bonds is 5. The van der Waals surface area contributed by atoms with Crippen LogP contribution in [0.5, 0.6) is 0 Å².